The van der Waals surface area contributed by atoms with Gasteiger partial charge >= 0.3 is 5.97 Å². The Morgan fingerprint density at radius 3 is 2.43 bits per heavy atom. The van der Waals surface area contributed by atoms with Gasteiger partial charge in [0.05, 0.1) is 21.3 Å². The minimum atomic E-state index is -1.14. The zero-order valence-corrected chi connectivity index (χ0v) is 17.2. The predicted octanol–water partition coefficient (Wildman–Crippen LogP) is 6.15. The molecular formula is C21H11Cl3N2O4. The quantitative estimate of drug-likeness (QED) is 0.350. The van der Waals surface area contributed by atoms with Crippen LogP contribution >= 0.6 is 34.8 Å². The van der Waals surface area contributed by atoms with E-state index in [0.29, 0.717) is 22.0 Å². The summed E-state index contributed by atoms with van der Waals surface area (Å²) in [6.45, 7) is 0. The fourth-order valence-electron chi connectivity index (χ4n) is 2.50. The van der Waals surface area contributed by atoms with Crippen LogP contribution in [0.2, 0.25) is 15.1 Å². The molecule has 30 heavy (non-hydrogen) atoms. The Kier molecular flexibility index (Phi) is 6.48. The lowest BCUT2D eigenvalue weighted by Gasteiger charge is -2.06. The molecular weight excluding hydrogens is 451 g/mol. The minimum Gasteiger partial charge on any atom is -0.478 e. The van der Waals surface area contributed by atoms with Gasteiger partial charge in [0.15, 0.2) is 0 Å². The molecule has 0 spiro atoms. The Labute approximate surface area is 185 Å². The molecule has 0 fully saturated rings. The van der Waals surface area contributed by atoms with Crippen LogP contribution in [0.3, 0.4) is 0 Å². The highest BCUT2D eigenvalue weighted by Gasteiger charge is 2.14. The van der Waals surface area contributed by atoms with E-state index in [-0.39, 0.29) is 26.9 Å². The summed E-state index contributed by atoms with van der Waals surface area (Å²) in [7, 11) is 0. The van der Waals surface area contributed by atoms with Gasteiger partial charge in [-0.25, -0.2) is 4.79 Å². The van der Waals surface area contributed by atoms with Crippen LogP contribution in [0, 0.1) is 11.3 Å². The van der Waals surface area contributed by atoms with Crippen LogP contribution in [-0.4, -0.2) is 17.0 Å². The second-order valence-electron chi connectivity index (χ2n) is 5.95. The fourth-order valence-corrected chi connectivity index (χ4v) is 3.22. The van der Waals surface area contributed by atoms with Gasteiger partial charge in [-0.3, -0.25) is 4.79 Å². The third kappa shape index (κ3) is 4.84. The molecule has 0 saturated heterocycles. The Morgan fingerprint density at radius 1 is 1.03 bits per heavy atom. The van der Waals surface area contributed by atoms with Crippen molar-refractivity contribution in [3.8, 4) is 17.4 Å². The molecule has 1 heterocycles. The smallest absolute Gasteiger partial charge is 0.337 e. The summed E-state index contributed by atoms with van der Waals surface area (Å²) in [6.07, 6.45) is 1.27. The molecule has 0 atom stereocenters. The molecule has 2 N–H and O–H groups in total. The van der Waals surface area contributed by atoms with E-state index in [4.69, 9.17) is 44.3 Å². The second kappa shape index (κ2) is 9.06. The third-order valence-electron chi connectivity index (χ3n) is 3.94. The van der Waals surface area contributed by atoms with E-state index in [0.717, 1.165) is 0 Å². The molecule has 1 aromatic heterocycles. The molecule has 0 aliphatic carbocycles. The molecule has 0 unspecified atom stereocenters. The monoisotopic (exact) mass is 460 g/mol. The number of hydrogen-bond donors (Lipinski definition) is 2. The Bertz CT molecular complexity index is 1230. The number of nitrogens with zero attached hydrogens (tertiary/aromatic N) is 1. The van der Waals surface area contributed by atoms with Crippen LogP contribution < -0.4 is 5.32 Å². The topological polar surface area (TPSA) is 103 Å². The van der Waals surface area contributed by atoms with Crippen LogP contribution in [0.5, 0.6) is 0 Å². The number of amides is 1. The number of carbonyl (C=O) groups excluding carboxylic acids is 1. The van der Waals surface area contributed by atoms with Crippen molar-refractivity contribution in [3.63, 3.8) is 0 Å². The number of nitrogens with one attached hydrogen (secondary N) is 1. The van der Waals surface area contributed by atoms with Gasteiger partial charge in [0.25, 0.3) is 5.91 Å². The lowest BCUT2D eigenvalue weighted by molar-refractivity contribution is -0.112. The lowest BCUT2D eigenvalue weighted by Crippen LogP contribution is -2.13. The largest absolute Gasteiger partial charge is 0.478 e. The van der Waals surface area contributed by atoms with E-state index >= 15 is 0 Å². The number of hydrogen-bond acceptors (Lipinski definition) is 4. The highest BCUT2D eigenvalue weighted by molar-refractivity contribution is 6.37. The van der Waals surface area contributed by atoms with Crippen LogP contribution in [0.4, 0.5) is 5.69 Å². The first-order chi connectivity index (χ1) is 14.3. The average molecular weight is 462 g/mol. The summed E-state index contributed by atoms with van der Waals surface area (Å²) in [6, 6.07) is 13.9. The van der Waals surface area contributed by atoms with E-state index < -0.39 is 11.9 Å². The molecule has 0 saturated carbocycles. The molecule has 0 aliphatic rings. The minimum absolute atomic E-state index is 0.0311. The van der Waals surface area contributed by atoms with Crippen LogP contribution in [0.15, 0.2) is 58.5 Å². The standard InChI is InChI=1S/C21H11Cl3N2O4/c22-13-2-5-18(17(24)9-13)26-20(27)12(10-25)7-14-3-6-19(30-14)11-1-4-15(21(28)29)16(23)8-11/h1-9H,(H,26,27)(H,28,29)/b12-7-. The molecule has 0 bridgehead atoms. The van der Waals surface area contributed by atoms with Crippen LogP contribution in [0.1, 0.15) is 16.1 Å². The molecule has 0 aliphatic heterocycles. The number of anilines is 1. The van der Waals surface area contributed by atoms with Crippen molar-refractivity contribution < 1.29 is 19.1 Å². The van der Waals surface area contributed by atoms with E-state index in [1.54, 1.807) is 24.3 Å². The Balaban J connectivity index is 1.83. The number of nitriles is 1. The van der Waals surface area contributed by atoms with Crippen molar-refractivity contribution in [2.24, 2.45) is 0 Å². The molecule has 9 heteroatoms. The third-order valence-corrected chi connectivity index (χ3v) is 4.80. The van der Waals surface area contributed by atoms with Crippen molar-refractivity contribution in [1.82, 2.24) is 0 Å². The van der Waals surface area contributed by atoms with E-state index in [1.807, 2.05) is 6.07 Å². The maximum Gasteiger partial charge on any atom is 0.337 e. The molecule has 2 aromatic carbocycles. The normalized spacial score (nSPS) is 11.1. The van der Waals surface area contributed by atoms with Gasteiger partial charge in [-0.15, -0.1) is 0 Å². The molecule has 1 amide bonds. The first kappa shape index (κ1) is 21.5. The first-order valence-electron chi connectivity index (χ1n) is 8.29. The van der Waals surface area contributed by atoms with Gasteiger partial charge in [-0.2, -0.15) is 5.26 Å². The van der Waals surface area contributed by atoms with Crippen molar-refractivity contribution in [1.29, 1.82) is 5.26 Å². The molecule has 3 rings (SSSR count). The van der Waals surface area contributed by atoms with E-state index in [9.17, 15) is 14.9 Å². The maximum atomic E-state index is 12.4. The summed E-state index contributed by atoms with van der Waals surface area (Å²) < 4.78 is 5.64. The Hall–Kier alpha value is -3.24. The van der Waals surface area contributed by atoms with Gasteiger partial charge in [-0.1, -0.05) is 40.9 Å². The summed E-state index contributed by atoms with van der Waals surface area (Å²) in [5.74, 6) is -1.18. The first-order valence-corrected chi connectivity index (χ1v) is 9.43. The van der Waals surface area contributed by atoms with Gasteiger partial charge in [0.1, 0.15) is 23.2 Å². The van der Waals surface area contributed by atoms with Crippen molar-refractivity contribution in [3.05, 3.63) is 80.5 Å². The Morgan fingerprint density at radius 2 is 1.80 bits per heavy atom. The van der Waals surface area contributed by atoms with Crippen LogP contribution in [-0.2, 0) is 4.79 Å². The predicted molar refractivity (Wildman–Crippen MR) is 115 cm³/mol. The average Bonchev–Trinajstić information content (AvgIpc) is 3.16. The molecule has 150 valence electrons. The fraction of sp³-hybridized carbons (Fsp3) is 0. The number of carboxylic acids is 1. The molecule has 0 radical (unpaired) electrons. The van der Waals surface area contributed by atoms with E-state index in [1.165, 1.54) is 30.3 Å². The summed E-state index contributed by atoms with van der Waals surface area (Å²) in [5.41, 5.74) is 0.610. The maximum absolute atomic E-state index is 12.4. The number of aromatic carboxylic acids is 1. The van der Waals surface area contributed by atoms with Gasteiger partial charge in [-0.05, 0) is 42.5 Å². The highest BCUT2D eigenvalue weighted by Crippen LogP contribution is 2.29. The summed E-state index contributed by atoms with van der Waals surface area (Å²) in [5, 5.41) is 21.6. The molecule has 6 nitrogen and oxygen atoms in total. The van der Waals surface area contributed by atoms with Gasteiger partial charge in [0, 0.05) is 16.7 Å². The molecule has 3 aromatic rings. The van der Waals surface area contributed by atoms with Crippen molar-refractivity contribution >= 4 is 58.4 Å². The number of carbonyl (C=O) groups is 2. The SMILES string of the molecule is N#C/C(=C/c1ccc(-c2ccc(C(=O)O)c(Cl)c2)o1)C(=O)Nc1ccc(Cl)cc1Cl. The zero-order chi connectivity index (χ0) is 21.8. The number of benzene rings is 2. The second-order valence-corrected chi connectivity index (χ2v) is 7.20. The van der Waals surface area contributed by atoms with Crippen molar-refractivity contribution in [2.75, 3.05) is 5.32 Å². The van der Waals surface area contributed by atoms with Crippen molar-refractivity contribution in [2.45, 2.75) is 0 Å². The number of furan rings is 1. The summed E-state index contributed by atoms with van der Waals surface area (Å²) in [4.78, 5) is 23.5. The zero-order valence-electron chi connectivity index (χ0n) is 14.9. The van der Waals surface area contributed by atoms with Crippen LogP contribution in [0.25, 0.3) is 17.4 Å². The van der Waals surface area contributed by atoms with Gasteiger partial charge in [0.2, 0.25) is 0 Å². The number of halogens is 3. The van der Waals surface area contributed by atoms with Gasteiger partial charge < -0.3 is 14.8 Å². The number of carboxylic acid groups (broad SMARTS) is 1. The summed E-state index contributed by atoms with van der Waals surface area (Å²) >= 11 is 17.8. The highest BCUT2D eigenvalue weighted by atomic mass is 35.5. The lowest BCUT2D eigenvalue weighted by atomic mass is 10.1. The van der Waals surface area contributed by atoms with E-state index in [2.05, 4.69) is 5.32 Å². The number of rotatable bonds is 5.